The van der Waals surface area contributed by atoms with E-state index in [0.29, 0.717) is 0 Å². The average molecular weight is 303 g/mol. The fourth-order valence-corrected chi connectivity index (χ4v) is 3.02. The minimum Gasteiger partial charge on any atom is -0.370 e. The van der Waals surface area contributed by atoms with Crippen LogP contribution in [0, 0.1) is 12.8 Å². The van der Waals surface area contributed by atoms with E-state index in [0.717, 1.165) is 34.7 Å². The maximum Gasteiger partial charge on any atom is 0.171 e. The number of hydrogen-bond donors (Lipinski definition) is 1. The third kappa shape index (κ3) is 4.81. The Morgan fingerprint density at radius 3 is 2.81 bits per heavy atom. The fourth-order valence-electron chi connectivity index (χ4n) is 2.37. The molecule has 0 saturated heterocycles. The Labute approximate surface area is 131 Å². The van der Waals surface area contributed by atoms with Crippen LogP contribution in [0.4, 0.5) is 5.82 Å². The molecule has 0 fully saturated rings. The first kappa shape index (κ1) is 16.0. The Morgan fingerprint density at radius 2 is 2.14 bits per heavy atom. The third-order valence-corrected chi connectivity index (χ3v) is 4.58. The molecule has 0 bridgehead atoms. The highest BCUT2D eigenvalue weighted by Gasteiger charge is 2.09. The van der Waals surface area contributed by atoms with Crippen molar-refractivity contribution in [2.75, 3.05) is 11.9 Å². The highest BCUT2D eigenvalue weighted by atomic mass is 32.1. The second kappa shape index (κ2) is 8.13. The Balaban J connectivity index is 2.03. The number of nitrogens with zero attached hydrogens (tertiary/aromatic N) is 2. The summed E-state index contributed by atoms with van der Waals surface area (Å²) in [5.74, 6) is 2.50. The molecule has 0 aromatic carbocycles. The molecular weight excluding hydrogens is 278 g/mol. The van der Waals surface area contributed by atoms with Gasteiger partial charge in [0.2, 0.25) is 0 Å². The molecule has 0 saturated carbocycles. The molecule has 1 N–H and O–H groups in total. The molecule has 1 atom stereocenters. The molecule has 0 amide bonds. The van der Waals surface area contributed by atoms with Gasteiger partial charge in [-0.05, 0) is 30.7 Å². The van der Waals surface area contributed by atoms with Crippen molar-refractivity contribution in [1.82, 2.24) is 9.97 Å². The van der Waals surface area contributed by atoms with Gasteiger partial charge in [-0.1, -0.05) is 39.2 Å². The zero-order chi connectivity index (χ0) is 15.1. The summed E-state index contributed by atoms with van der Waals surface area (Å²) in [6.45, 7) is 7.54. The largest absolute Gasteiger partial charge is 0.370 e. The van der Waals surface area contributed by atoms with Gasteiger partial charge in [0, 0.05) is 18.3 Å². The molecule has 3 nitrogen and oxygen atoms in total. The number of thiophene rings is 1. The van der Waals surface area contributed by atoms with Crippen molar-refractivity contribution in [3.8, 4) is 10.7 Å². The molecular formula is C17H25N3S. The first-order chi connectivity index (χ1) is 10.2. The van der Waals surface area contributed by atoms with Crippen molar-refractivity contribution in [3.05, 3.63) is 29.3 Å². The summed E-state index contributed by atoms with van der Waals surface area (Å²) >= 11 is 1.68. The molecule has 0 radical (unpaired) electrons. The lowest BCUT2D eigenvalue weighted by Gasteiger charge is -2.16. The summed E-state index contributed by atoms with van der Waals surface area (Å²) in [5, 5.41) is 5.56. The van der Waals surface area contributed by atoms with E-state index in [1.54, 1.807) is 11.3 Å². The lowest BCUT2D eigenvalue weighted by Crippen LogP contribution is -2.15. The van der Waals surface area contributed by atoms with E-state index >= 15 is 0 Å². The summed E-state index contributed by atoms with van der Waals surface area (Å²) in [6, 6.07) is 6.14. The predicted molar refractivity (Wildman–Crippen MR) is 91.9 cm³/mol. The molecule has 0 spiro atoms. The summed E-state index contributed by atoms with van der Waals surface area (Å²) in [7, 11) is 0. The molecule has 2 aromatic heterocycles. The number of aromatic nitrogens is 2. The van der Waals surface area contributed by atoms with Crippen molar-refractivity contribution in [2.45, 2.75) is 46.5 Å². The number of nitrogens with one attached hydrogen (secondary N) is 1. The standard InChI is InChI=1S/C17H25N3S/c1-4-6-8-14(5-2)12-18-16-11-13(3)19-17(20-16)15-9-7-10-21-15/h7,9-11,14H,4-6,8,12H2,1-3H3,(H,18,19,20). The van der Waals surface area contributed by atoms with Crippen LogP contribution in [0.3, 0.4) is 0 Å². The second-order valence-electron chi connectivity index (χ2n) is 5.49. The van der Waals surface area contributed by atoms with Crippen LogP contribution in [0.25, 0.3) is 10.7 Å². The van der Waals surface area contributed by atoms with Crippen LogP contribution < -0.4 is 5.32 Å². The first-order valence-corrected chi connectivity index (χ1v) is 8.74. The van der Waals surface area contributed by atoms with Crippen molar-refractivity contribution >= 4 is 17.2 Å². The highest BCUT2D eigenvalue weighted by molar-refractivity contribution is 7.13. The summed E-state index contributed by atoms with van der Waals surface area (Å²) < 4.78 is 0. The van der Waals surface area contributed by atoms with Crippen molar-refractivity contribution in [1.29, 1.82) is 0 Å². The zero-order valence-electron chi connectivity index (χ0n) is 13.2. The van der Waals surface area contributed by atoms with Crippen molar-refractivity contribution in [3.63, 3.8) is 0 Å². The van der Waals surface area contributed by atoms with Gasteiger partial charge in [0.1, 0.15) is 5.82 Å². The monoisotopic (exact) mass is 303 g/mol. The van der Waals surface area contributed by atoms with Crippen LogP contribution in [0.2, 0.25) is 0 Å². The van der Waals surface area contributed by atoms with Crippen molar-refractivity contribution < 1.29 is 0 Å². The van der Waals surface area contributed by atoms with Gasteiger partial charge in [0.15, 0.2) is 5.82 Å². The third-order valence-electron chi connectivity index (χ3n) is 3.71. The number of rotatable bonds is 8. The minimum atomic E-state index is 0.727. The quantitative estimate of drug-likeness (QED) is 0.733. The van der Waals surface area contributed by atoms with E-state index in [4.69, 9.17) is 0 Å². The van der Waals surface area contributed by atoms with Gasteiger partial charge in [-0.2, -0.15) is 0 Å². The Kier molecular flexibility index (Phi) is 6.18. The Hall–Kier alpha value is -1.42. The van der Waals surface area contributed by atoms with E-state index in [9.17, 15) is 0 Å². The second-order valence-corrected chi connectivity index (χ2v) is 6.44. The van der Waals surface area contributed by atoms with Gasteiger partial charge in [-0.25, -0.2) is 9.97 Å². The molecule has 21 heavy (non-hydrogen) atoms. The first-order valence-electron chi connectivity index (χ1n) is 7.86. The lowest BCUT2D eigenvalue weighted by molar-refractivity contribution is 0.472. The molecule has 2 aromatic rings. The van der Waals surface area contributed by atoms with Crippen LogP contribution in [-0.4, -0.2) is 16.5 Å². The minimum absolute atomic E-state index is 0.727. The molecule has 4 heteroatoms. The van der Waals surface area contributed by atoms with Gasteiger partial charge in [-0.15, -0.1) is 11.3 Å². The van der Waals surface area contributed by atoms with Gasteiger partial charge >= 0.3 is 0 Å². The normalized spacial score (nSPS) is 12.3. The zero-order valence-corrected chi connectivity index (χ0v) is 14.0. The van der Waals surface area contributed by atoms with E-state index < -0.39 is 0 Å². The smallest absolute Gasteiger partial charge is 0.171 e. The molecule has 0 aliphatic heterocycles. The van der Waals surface area contributed by atoms with E-state index in [1.165, 1.54) is 25.7 Å². The van der Waals surface area contributed by atoms with E-state index in [2.05, 4.69) is 40.6 Å². The van der Waals surface area contributed by atoms with Gasteiger partial charge < -0.3 is 5.32 Å². The molecule has 114 valence electrons. The lowest BCUT2D eigenvalue weighted by atomic mass is 9.99. The molecule has 2 heterocycles. The molecule has 2 rings (SSSR count). The average Bonchev–Trinajstić information content (AvgIpc) is 3.01. The summed E-state index contributed by atoms with van der Waals surface area (Å²) in [5.41, 5.74) is 1.01. The van der Waals surface area contributed by atoms with Crippen LogP contribution in [-0.2, 0) is 0 Å². The van der Waals surface area contributed by atoms with E-state index in [1.807, 2.05) is 19.1 Å². The summed E-state index contributed by atoms with van der Waals surface area (Å²) in [6.07, 6.45) is 5.09. The van der Waals surface area contributed by atoms with Gasteiger partial charge in [-0.3, -0.25) is 0 Å². The van der Waals surface area contributed by atoms with E-state index in [-0.39, 0.29) is 0 Å². The maximum atomic E-state index is 4.65. The van der Waals surface area contributed by atoms with Crippen LogP contribution in [0.5, 0.6) is 0 Å². The SMILES string of the molecule is CCCCC(CC)CNc1cc(C)nc(-c2cccs2)n1. The maximum absolute atomic E-state index is 4.65. The van der Waals surface area contributed by atoms with Gasteiger partial charge in [0.25, 0.3) is 0 Å². The Morgan fingerprint density at radius 1 is 1.29 bits per heavy atom. The van der Waals surface area contributed by atoms with Gasteiger partial charge in [0.05, 0.1) is 4.88 Å². The number of aryl methyl sites for hydroxylation is 1. The number of anilines is 1. The summed E-state index contributed by atoms with van der Waals surface area (Å²) in [4.78, 5) is 10.3. The van der Waals surface area contributed by atoms with Crippen LogP contribution >= 0.6 is 11.3 Å². The molecule has 0 aliphatic rings. The van der Waals surface area contributed by atoms with Crippen molar-refractivity contribution in [2.24, 2.45) is 5.92 Å². The highest BCUT2D eigenvalue weighted by Crippen LogP contribution is 2.23. The fraction of sp³-hybridized carbons (Fsp3) is 0.529. The number of hydrogen-bond acceptors (Lipinski definition) is 4. The number of unbranched alkanes of at least 4 members (excludes halogenated alkanes) is 1. The van der Waals surface area contributed by atoms with Crippen LogP contribution in [0.15, 0.2) is 23.6 Å². The topological polar surface area (TPSA) is 37.8 Å². The predicted octanol–water partition coefficient (Wildman–Crippen LogP) is 5.14. The molecule has 1 unspecified atom stereocenters. The molecule has 0 aliphatic carbocycles. The Bertz CT molecular complexity index is 537. The van der Waals surface area contributed by atoms with Crippen LogP contribution in [0.1, 0.15) is 45.2 Å².